The number of rotatable bonds is 4. The van der Waals surface area contributed by atoms with Crippen molar-refractivity contribution in [3.8, 4) is 0 Å². The molecule has 2 heteroatoms. The Morgan fingerprint density at radius 1 is 1.67 bits per heavy atom. The van der Waals surface area contributed by atoms with Crippen LogP contribution < -0.4 is 5.73 Å². The molecule has 0 aromatic rings. The Morgan fingerprint density at radius 2 is 2.22 bits per heavy atom. The summed E-state index contributed by atoms with van der Waals surface area (Å²) in [6, 6.07) is 0.0625. The predicted molar refractivity (Wildman–Crippen MR) is 38.1 cm³/mol. The summed E-state index contributed by atoms with van der Waals surface area (Å²) < 4.78 is 0. The molecular weight excluding hydrogens is 114 g/mol. The highest BCUT2D eigenvalue weighted by Crippen LogP contribution is 2.02. The van der Waals surface area contributed by atoms with Gasteiger partial charge in [0, 0.05) is 12.0 Å². The molecule has 2 nitrogen and oxygen atoms in total. The summed E-state index contributed by atoms with van der Waals surface area (Å²) in [4.78, 5) is 10.1. The second-order valence-corrected chi connectivity index (χ2v) is 2.45. The third-order valence-corrected chi connectivity index (χ3v) is 1.51. The van der Waals surface area contributed by atoms with E-state index in [2.05, 4.69) is 6.92 Å². The molecule has 0 aliphatic carbocycles. The number of hydrogen-bond donors (Lipinski definition) is 1. The molecule has 0 heterocycles. The monoisotopic (exact) mass is 129 g/mol. The van der Waals surface area contributed by atoms with Gasteiger partial charge in [0.15, 0.2) is 0 Å². The van der Waals surface area contributed by atoms with E-state index in [1.165, 1.54) is 0 Å². The smallest absolute Gasteiger partial charge is 0.124 e. The molecule has 9 heavy (non-hydrogen) atoms. The second kappa shape index (κ2) is 4.50. The first kappa shape index (κ1) is 8.63. The zero-order chi connectivity index (χ0) is 7.28. The maximum Gasteiger partial charge on any atom is 0.124 e. The van der Waals surface area contributed by atoms with E-state index in [0.717, 1.165) is 19.1 Å². The molecule has 0 aliphatic heterocycles. The van der Waals surface area contributed by atoms with Gasteiger partial charge >= 0.3 is 0 Å². The minimum absolute atomic E-state index is 0.0185. The van der Waals surface area contributed by atoms with E-state index in [-0.39, 0.29) is 12.0 Å². The van der Waals surface area contributed by atoms with Crippen LogP contribution in [0.5, 0.6) is 0 Å². The Morgan fingerprint density at radius 3 is 2.56 bits per heavy atom. The summed E-state index contributed by atoms with van der Waals surface area (Å²) in [5.41, 5.74) is 5.61. The van der Waals surface area contributed by atoms with E-state index in [0.29, 0.717) is 0 Å². The molecule has 0 radical (unpaired) electrons. The van der Waals surface area contributed by atoms with Crippen molar-refractivity contribution in [2.45, 2.75) is 32.7 Å². The fourth-order valence-electron chi connectivity index (χ4n) is 0.697. The van der Waals surface area contributed by atoms with Crippen LogP contribution in [-0.2, 0) is 4.79 Å². The second-order valence-electron chi connectivity index (χ2n) is 2.45. The van der Waals surface area contributed by atoms with Crippen molar-refractivity contribution in [2.24, 2.45) is 11.7 Å². The van der Waals surface area contributed by atoms with Crippen molar-refractivity contribution < 1.29 is 4.79 Å². The van der Waals surface area contributed by atoms with E-state index >= 15 is 0 Å². The minimum atomic E-state index is 0.0185. The number of carbonyl (C=O) groups excluding carboxylic acids is 1. The average Bonchev–Trinajstić information content (AvgIpc) is 1.87. The van der Waals surface area contributed by atoms with Crippen LogP contribution in [0.25, 0.3) is 0 Å². The van der Waals surface area contributed by atoms with Gasteiger partial charge in [0.25, 0.3) is 0 Å². The zero-order valence-corrected chi connectivity index (χ0v) is 6.13. The van der Waals surface area contributed by atoms with Crippen molar-refractivity contribution in [3.63, 3.8) is 0 Å². The molecule has 0 spiro atoms. The zero-order valence-electron chi connectivity index (χ0n) is 6.13. The first-order chi connectivity index (χ1) is 4.22. The van der Waals surface area contributed by atoms with Crippen LogP contribution in [0.4, 0.5) is 0 Å². The van der Waals surface area contributed by atoms with E-state index in [1.54, 1.807) is 0 Å². The molecule has 0 bridgehead atoms. The lowest BCUT2D eigenvalue weighted by Gasteiger charge is -2.11. The molecule has 0 aliphatic rings. The van der Waals surface area contributed by atoms with Gasteiger partial charge in [0.2, 0.25) is 0 Å². The van der Waals surface area contributed by atoms with Gasteiger partial charge in [-0.3, -0.25) is 0 Å². The van der Waals surface area contributed by atoms with E-state index in [4.69, 9.17) is 5.73 Å². The normalized spacial score (nSPS) is 16.8. The first-order valence-corrected chi connectivity index (χ1v) is 3.43. The van der Waals surface area contributed by atoms with Gasteiger partial charge in [-0.2, -0.15) is 0 Å². The maximum atomic E-state index is 10.1. The van der Waals surface area contributed by atoms with E-state index < -0.39 is 0 Å². The molecule has 2 N–H and O–H groups in total. The molecule has 0 amide bonds. The molecule has 2 atom stereocenters. The van der Waals surface area contributed by atoms with Gasteiger partial charge in [-0.15, -0.1) is 0 Å². The van der Waals surface area contributed by atoms with Crippen LogP contribution in [0.2, 0.25) is 0 Å². The number of nitrogens with two attached hydrogens (primary N) is 1. The Labute approximate surface area is 56.4 Å². The summed E-state index contributed by atoms with van der Waals surface area (Å²) in [6.45, 7) is 3.92. The lowest BCUT2D eigenvalue weighted by molar-refractivity contribution is -0.111. The molecule has 0 rings (SSSR count). The first-order valence-electron chi connectivity index (χ1n) is 3.43. The Bertz CT molecular complexity index is 83.0. The quantitative estimate of drug-likeness (QED) is 0.574. The van der Waals surface area contributed by atoms with Gasteiger partial charge in [0.1, 0.15) is 6.29 Å². The average molecular weight is 129 g/mol. The molecule has 0 saturated carbocycles. The molecular formula is C7H15NO. The molecule has 0 aromatic heterocycles. The summed E-state index contributed by atoms with van der Waals surface area (Å²) in [5, 5.41) is 0. The lowest BCUT2D eigenvalue weighted by Crippen LogP contribution is -2.28. The number of aldehydes is 1. The van der Waals surface area contributed by atoms with Crippen LogP contribution in [0.15, 0.2) is 0 Å². The maximum absolute atomic E-state index is 10.1. The third kappa shape index (κ3) is 3.25. The summed E-state index contributed by atoms with van der Waals surface area (Å²) in [6.07, 6.45) is 2.92. The Hall–Kier alpha value is -0.370. The largest absolute Gasteiger partial charge is 0.327 e. The highest BCUT2D eigenvalue weighted by molar-refractivity contribution is 5.53. The summed E-state index contributed by atoms with van der Waals surface area (Å²) >= 11 is 0. The van der Waals surface area contributed by atoms with Crippen molar-refractivity contribution in [2.75, 3.05) is 0 Å². The van der Waals surface area contributed by atoms with Gasteiger partial charge < -0.3 is 10.5 Å². The van der Waals surface area contributed by atoms with E-state index in [9.17, 15) is 4.79 Å². The standard InChI is InChI=1S/C7H15NO/c1-3-4-7(8)6(2)5-9/h5-7H,3-4,8H2,1-2H3. The molecule has 0 aromatic carbocycles. The molecule has 0 fully saturated rings. The number of carbonyl (C=O) groups is 1. The van der Waals surface area contributed by atoms with Gasteiger partial charge in [-0.25, -0.2) is 0 Å². The van der Waals surface area contributed by atoms with Crippen molar-refractivity contribution in [1.29, 1.82) is 0 Å². The summed E-state index contributed by atoms with van der Waals surface area (Å²) in [5.74, 6) is 0.0185. The minimum Gasteiger partial charge on any atom is -0.327 e. The van der Waals surface area contributed by atoms with E-state index in [1.807, 2.05) is 6.92 Å². The SMILES string of the molecule is CCCC(N)C(C)C=O. The fourth-order valence-corrected chi connectivity index (χ4v) is 0.697. The lowest BCUT2D eigenvalue weighted by atomic mass is 10.0. The Kier molecular flexibility index (Phi) is 4.32. The van der Waals surface area contributed by atoms with Crippen LogP contribution in [0.1, 0.15) is 26.7 Å². The van der Waals surface area contributed by atoms with Gasteiger partial charge in [-0.1, -0.05) is 20.3 Å². The highest BCUT2D eigenvalue weighted by atomic mass is 16.1. The van der Waals surface area contributed by atoms with Gasteiger partial charge in [0.05, 0.1) is 0 Å². The summed E-state index contributed by atoms with van der Waals surface area (Å²) in [7, 11) is 0. The number of hydrogen-bond acceptors (Lipinski definition) is 2. The van der Waals surface area contributed by atoms with Crippen molar-refractivity contribution >= 4 is 6.29 Å². The molecule has 0 saturated heterocycles. The molecule has 2 unspecified atom stereocenters. The molecule has 54 valence electrons. The fraction of sp³-hybridized carbons (Fsp3) is 0.857. The van der Waals surface area contributed by atoms with Crippen LogP contribution in [0, 0.1) is 5.92 Å². The topological polar surface area (TPSA) is 43.1 Å². The van der Waals surface area contributed by atoms with Crippen molar-refractivity contribution in [1.82, 2.24) is 0 Å². The predicted octanol–water partition coefficient (Wildman–Crippen LogP) is 0.949. The van der Waals surface area contributed by atoms with Crippen LogP contribution in [-0.4, -0.2) is 12.3 Å². The van der Waals surface area contributed by atoms with Crippen molar-refractivity contribution in [3.05, 3.63) is 0 Å². The van der Waals surface area contributed by atoms with Crippen LogP contribution in [0.3, 0.4) is 0 Å². The third-order valence-electron chi connectivity index (χ3n) is 1.51. The Balaban J connectivity index is 3.44. The highest BCUT2D eigenvalue weighted by Gasteiger charge is 2.08. The van der Waals surface area contributed by atoms with Gasteiger partial charge in [-0.05, 0) is 6.42 Å². The van der Waals surface area contributed by atoms with Crippen LogP contribution >= 0.6 is 0 Å².